The third kappa shape index (κ3) is 2.03. The van der Waals surface area contributed by atoms with Gasteiger partial charge in [0.2, 0.25) is 5.89 Å². The minimum Gasteiger partial charge on any atom is -0.338 e. The van der Waals surface area contributed by atoms with Gasteiger partial charge in [0.05, 0.1) is 12.3 Å². The van der Waals surface area contributed by atoms with Crippen molar-refractivity contribution in [3.05, 3.63) is 11.7 Å². The molecule has 0 bridgehead atoms. The lowest BCUT2D eigenvalue weighted by Gasteiger charge is -2.18. The number of aromatic nitrogens is 2. The summed E-state index contributed by atoms with van der Waals surface area (Å²) >= 11 is 0. The van der Waals surface area contributed by atoms with Gasteiger partial charge in [0.25, 0.3) is 0 Å². The summed E-state index contributed by atoms with van der Waals surface area (Å²) in [5.41, 5.74) is 5.33. The van der Waals surface area contributed by atoms with Crippen LogP contribution in [0.1, 0.15) is 36.2 Å². The standard InChI is InChI=1S/C8H13N3O3S/c9-5-7-10-8(14-11-7)6-3-1-2-4-15(6,12)13/h6H,1-5,9H2. The first-order chi connectivity index (χ1) is 7.13. The van der Waals surface area contributed by atoms with Crippen LogP contribution < -0.4 is 5.73 Å². The molecule has 84 valence electrons. The summed E-state index contributed by atoms with van der Waals surface area (Å²) in [6, 6.07) is 0. The molecule has 1 aromatic heterocycles. The van der Waals surface area contributed by atoms with Gasteiger partial charge in [-0.3, -0.25) is 0 Å². The average Bonchev–Trinajstić information content (AvgIpc) is 2.65. The molecule has 1 aliphatic rings. The lowest BCUT2D eigenvalue weighted by Crippen LogP contribution is -2.21. The number of rotatable bonds is 2. The molecule has 2 rings (SSSR count). The Kier molecular flexibility index (Phi) is 2.74. The highest BCUT2D eigenvalue weighted by Gasteiger charge is 2.34. The van der Waals surface area contributed by atoms with Crippen LogP contribution in [0.15, 0.2) is 4.52 Å². The smallest absolute Gasteiger partial charge is 0.245 e. The molecule has 1 atom stereocenters. The third-order valence-corrected chi connectivity index (χ3v) is 4.68. The maximum atomic E-state index is 11.7. The molecule has 2 heterocycles. The van der Waals surface area contributed by atoms with E-state index in [-0.39, 0.29) is 18.2 Å². The quantitative estimate of drug-likeness (QED) is 0.778. The second-order valence-corrected chi connectivity index (χ2v) is 5.91. The molecule has 0 aromatic carbocycles. The molecule has 0 aliphatic carbocycles. The predicted molar refractivity (Wildman–Crippen MR) is 52.6 cm³/mol. The van der Waals surface area contributed by atoms with Crippen molar-refractivity contribution >= 4 is 9.84 Å². The highest BCUT2D eigenvalue weighted by molar-refractivity contribution is 7.91. The third-order valence-electron chi connectivity index (χ3n) is 2.52. The molecule has 0 radical (unpaired) electrons. The van der Waals surface area contributed by atoms with Crippen molar-refractivity contribution in [2.75, 3.05) is 5.75 Å². The van der Waals surface area contributed by atoms with Crippen LogP contribution in [0.4, 0.5) is 0 Å². The molecular formula is C8H13N3O3S. The Morgan fingerprint density at radius 1 is 1.47 bits per heavy atom. The zero-order chi connectivity index (χ0) is 10.9. The summed E-state index contributed by atoms with van der Waals surface area (Å²) in [6.07, 6.45) is 2.16. The molecule has 1 fully saturated rings. The Morgan fingerprint density at radius 3 is 2.87 bits per heavy atom. The van der Waals surface area contributed by atoms with E-state index in [1.165, 1.54) is 0 Å². The van der Waals surface area contributed by atoms with Crippen LogP contribution >= 0.6 is 0 Å². The van der Waals surface area contributed by atoms with Gasteiger partial charge in [-0.15, -0.1) is 0 Å². The molecule has 15 heavy (non-hydrogen) atoms. The highest BCUT2D eigenvalue weighted by Crippen LogP contribution is 2.32. The van der Waals surface area contributed by atoms with Crippen LogP contribution in [-0.4, -0.2) is 24.3 Å². The second-order valence-electron chi connectivity index (χ2n) is 3.60. The molecule has 0 spiro atoms. The molecule has 1 aromatic rings. The SMILES string of the molecule is NCc1noc(C2CCCCS2(=O)=O)n1. The van der Waals surface area contributed by atoms with Crippen molar-refractivity contribution < 1.29 is 12.9 Å². The zero-order valence-corrected chi connectivity index (χ0v) is 9.03. The second kappa shape index (κ2) is 3.90. The molecular weight excluding hydrogens is 218 g/mol. The van der Waals surface area contributed by atoms with Gasteiger partial charge in [-0.2, -0.15) is 4.98 Å². The zero-order valence-electron chi connectivity index (χ0n) is 8.22. The number of nitrogens with two attached hydrogens (primary N) is 1. The molecule has 6 nitrogen and oxygen atoms in total. The normalized spacial score (nSPS) is 25.3. The fourth-order valence-electron chi connectivity index (χ4n) is 1.71. The van der Waals surface area contributed by atoms with Gasteiger partial charge in [0.1, 0.15) is 5.25 Å². The lowest BCUT2D eigenvalue weighted by molar-refractivity contribution is 0.359. The molecule has 0 saturated carbocycles. The van der Waals surface area contributed by atoms with E-state index in [1.54, 1.807) is 0 Å². The van der Waals surface area contributed by atoms with E-state index in [1.807, 2.05) is 0 Å². The minimum absolute atomic E-state index is 0.163. The summed E-state index contributed by atoms with van der Waals surface area (Å²) < 4.78 is 28.4. The summed E-state index contributed by atoms with van der Waals surface area (Å²) in [4.78, 5) is 3.97. The Labute approximate surface area is 87.8 Å². The summed E-state index contributed by atoms with van der Waals surface area (Å²) in [5.74, 6) is 0.749. The maximum Gasteiger partial charge on any atom is 0.245 e. The van der Waals surface area contributed by atoms with Crippen LogP contribution in [0, 0.1) is 0 Å². The van der Waals surface area contributed by atoms with Gasteiger partial charge >= 0.3 is 0 Å². The fourth-order valence-corrected chi connectivity index (χ4v) is 3.53. The van der Waals surface area contributed by atoms with Crippen LogP contribution in [0.3, 0.4) is 0 Å². The molecule has 0 amide bonds. The van der Waals surface area contributed by atoms with Gasteiger partial charge in [0, 0.05) is 0 Å². The van der Waals surface area contributed by atoms with Gasteiger partial charge in [-0.25, -0.2) is 8.42 Å². The Hall–Kier alpha value is -0.950. The molecule has 1 aliphatic heterocycles. The number of hydrogen-bond donors (Lipinski definition) is 1. The van der Waals surface area contributed by atoms with Crippen molar-refractivity contribution in [3.8, 4) is 0 Å². The van der Waals surface area contributed by atoms with Gasteiger partial charge in [0.15, 0.2) is 15.7 Å². The highest BCUT2D eigenvalue weighted by atomic mass is 32.2. The fraction of sp³-hybridized carbons (Fsp3) is 0.750. The van der Waals surface area contributed by atoms with Crippen molar-refractivity contribution in [1.82, 2.24) is 10.1 Å². The van der Waals surface area contributed by atoms with Crippen molar-refractivity contribution in [2.24, 2.45) is 5.73 Å². The summed E-state index contributed by atoms with van der Waals surface area (Å²) in [5, 5.41) is 2.97. The number of hydrogen-bond acceptors (Lipinski definition) is 6. The van der Waals surface area contributed by atoms with Crippen LogP contribution in [-0.2, 0) is 16.4 Å². The van der Waals surface area contributed by atoms with Crippen LogP contribution in [0.5, 0.6) is 0 Å². The van der Waals surface area contributed by atoms with Crippen molar-refractivity contribution in [2.45, 2.75) is 31.1 Å². The molecule has 2 N–H and O–H groups in total. The monoisotopic (exact) mass is 231 g/mol. The number of sulfone groups is 1. The predicted octanol–water partition coefficient (Wildman–Crippen LogP) is 0.168. The maximum absolute atomic E-state index is 11.7. The Morgan fingerprint density at radius 2 is 2.27 bits per heavy atom. The number of nitrogens with zero attached hydrogens (tertiary/aromatic N) is 2. The van der Waals surface area contributed by atoms with E-state index < -0.39 is 15.1 Å². The van der Waals surface area contributed by atoms with Crippen LogP contribution in [0.2, 0.25) is 0 Å². The van der Waals surface area contributed by atoms with E-state index in [9.17, 15) is 8.42 Å². The Bertz CT molecular complexity index is 440. The largest absolute Gasteiger partial charge is 0.338 e. The van der Waals surface area contributed by atoms with Crippen molar-refractivity contribution in [3.63, 3.8) is 0 Å². The first-order valence-corrected chi connectivity index (χ1v) is 6.59. The van der Waals surface area contributed by atoms with Crippen LogP contribution in [0.25, 0.3) is 0 Å². The van der Waals surface area contributed by atoms with E-state index in [0.29, 0.717) is 12.2 Å². The van der Waals surface area contributed by atoms with Gasteiger partial charge in [-0.05, 0) is 12.8 Å². The minimum atomic E-state index is -3.11. The molecule has 1 unspecified atom stereocenters. The van der Waals surface area contributed by atoms with Crippen molar-refractivity contribution in [1.29, 1.82) is 0 Å². The van der Waals surface area contributed by atoms with E-state index in [0.717, 1.165) is 12.8 Å². The molecule has 7 heteroatoms. The first-order valence-electron chi connectivity index (χ1n) is 4.87. The lowest BCUT2D eigenvalue weighted by atomic mass is 10.2. The van der Waals surface area contributed by atoms with Gasteiger partial charge in [-0.1, -0.05) is 11.6 Å². The summed E-state index contributed by atoms with van der Waals surface area (Å²) in [7, 11) is -3.11. The average molecular weight is 231 g/mol. The van der Waals surface area contributed by atoms with E-state index in [4.69, 9.17) is 10.3 Å². The molecule has 1 saturated heterocycles. The topological polar surface area (TPSA) is 99.1 Å². The van der Waals surface area contributed by atoms with E-state index in [2.05, 4.69) is 10.1 Å². The van der Waals surface area contributed by atoms with E-state index >= 15 is 0 Å². The first kappa shape index (κ1) is 10.6. The Balaban J connectivity index is 2.29. The van der Waals surface area contributed by atoms with Gasteiger partial charge < -0.3 is 10.3 Å². The summed E-state index contributed by atoms with van der Waals surface area (Å²) in [6.45, 7) is 0.163.